The van der Waals surface area contributed by atoms with Gasteiger partial charge in [-0.2, -0.15) is 0 Å². The van der Waals surface area contributed by atoms with Gasteiger partial charge >= 0.3 is 0 Å². The predicted molar refractivity (Wildman–Crippen MR) is 115 cm³/mol. The van der Waals surface area contributed by atoms with Crippen LogP contribution in [0.25, 0.3) is 17.4 Å². The van der Waals surface area contributed by atoms with Crippen LogP contribution in [0.2, 0.25) is 0 Å². The molecule has 0 saturated carbocycles. The highest BCUT2D eigenvalue weighted by molar-refractivity contribution is 8.18. The van der Waals surface area contributed by atoms with Crippen LogP contribution in [0, 0.1) is 15.9 Å². The third kappa shape index (κ3) is 4.54. The van der Waals surface area contributed by atoms with Crippen LogP contribution < -0.4 is 4.74 Å². The molecule has 162 valence electrons. The smallest absolute Gasteiger partial charge is 0.293 e. The van der Waals surface area contributed by atoms with Gasteiger partial charge in [0.15, 0.2) is 0 Å². The monoisotopic (exact) mass is 454 g/mol. The normalized spacial score (nSPS) is 14.9. The number of rotatable bonds is 7. The first kappa shape index (κ1) is 21.3. The molecule has 0 radical (unpaired) electrons. The van der Waals surface area contributed by atoms with Crippen molar-refractivity contribution in [2.45, 2.75) is 0 Å². The Morgan fingerprint density at radius 1 is 1.09 bits per heavy atom. The lowest BCUT2D eigenvalue weighted by atomic mass is 10.1. The molecular formula is C22H15FN2O6S. The number of hydrogen-bond donors (Lipinski definition) is 0. The van der Waals surface area contributed by atoms with Gasteiger partial charge in [0.1, 0.15) is 29.7 Å². The number of halogens is 1. The number of benzene rings is 2. The van der Waals surface area contributed by atoms with Crippen molar-refractivity contribution in [1.29, 1.82) is 0 Å². The molecule has 1 fully saturated rings. The molecule has 1 aliphatic heterocycles. The number of hydrogen-bond acceptors (Lipinski definition) is 7. The summed E-state index contributed by atoms with van der Waals surface area (Å²) in [5.74, 6) is 0.0939. The zero-order valence-electron chi connectivity index (χ0n) is 16.4. The number of para-hydroxylation sites is 1. The number of thioether (sulfide) groups is 1. The second-order valence-corrected chi connectivity index (χ2v) is 7.61. The number of imide groups is 1. The number of furan rings is 1. The first-order valence-electron chi connectivity index (χ1n) is 9.40. The summed E-state index contributed by atoms with van der Waals surface area (Å²) >= 11 is 0.763. The summed E-state index contributed by atoms with van der Waals surface area (Å²) < 4.78 is 24.0. The van der Waals surface area contributed by atoms with Gasteiger partial charge in [-0.1, -0.05) is 12.1 Å². The maximum Gasteiger partial charge on any atom is 0.293 e. The summed E-state index contributed by atoms with van der Waals surface area (Å²) in [7, 11) is 0. The van der Waals surface area contributed by atoms with Crippen LogP contribution in [0.1, 0.15) is 5.76 Å². The highest BCUT2D eigenvalue weighted by Crippen LogP contribution is 2.35. The van der Waals surface area contributed by atoms with E-state index in [9.17, 15) is 24.1 Å². The van der Waals surface area contributed by atoms with Gasteiger partial charge in [-0.25, -0.2) is 4.39 Å². The first-order valence-corrected chi connectivity index (χ1v) is 10.2. The van der Waals surface area contributed by atoms with Crippen molar-refractivity contribution >= 4 is 34.7 Å². The van der Waals surface area contributed by atoms with Crippen LogP contribution in [0.4, 0.5) is 14.9 Å². The zero-order chi connectivity index (χ0) is 22.7. The molecule has 2 heterocycles. The van der Waals surface area contributed by atoms with Crippen molar-refractivity contribution in [2.75, 3.05) is 13.2 Å². The van der Waals surface area contributed by atoms with Gasteiger partial charge in [-0.3, -0.25) is 24.6 Å². The summed E-state index contributed by atoms with van der Waals surface area (Å²) in [4.78, 5) is 36.8. The average molecular weight is 454 g/mol. The number of nitro groups is 1. The van der Waals surface area contributed by atoms with Gasteiger partial charge in [0.2, 0.25) is 0 Å². The van der Waals surface area contributed by atoms with Crippen molar-refractivity contribution in [3.63, 3.8) is 0 Å². The Kier molecular flexibility index (Phi) is 6.04. The third-order valence-corrected chi connectivity index (χ3v) is 5.44. The SMILES string of the molecule is O=C1S/C(=C\c2ccc(-c3ccccc3[N+](=O)[O-])o2)C(=O)N1CCOc1ccc(F)cc1. The van der Waals surface area contributed by atoms with Crippen molar-refractivity contribution in [1.82, 2.24) is 4.90 Å². The van der Waals surface area contributed by atoms with Crippen LogP contribution in [0.15, 0.2) is 70.0 Å². The second kappa shape index (κ2) is 9.06. The molecule has 0 atom stereocenters. The lowest BCUT2D eigenvalue weighted by Crippen LogP contribution is -2.32. The number of carbonyl (C=O) groups is 2. The number of ether oxygens (including phenoxy) is 1. The Hall–Kier alpha value is -3.92. The summed E-state index contributed by atoms with van der Waals surface area (Å²) in [6.07, 6.45) is 1.42. The molecule has 0 N–H and O–H groups in total. The third-order valence-electron chi connectivity index (χ3n) is 4.54. The second-order valence-electron chi connectivity index (χ2n) is 6.61. The van der Waals surface area contributed by atoms with Crippen molar-refractivity contribution in [2.24, 2.45) is 0 Å². The lowest BCUT2D eigenvalue weighted by molar-refractivity contribution is -0.384. The Bertz CT molecular complexity index is 1220. The van der Waals surface area contributed by atoms with Crippen molar-refractivity contribution in [3.8, 4) is 17.1 Å². The van der Waals surface area contributed by atoms with Gasteiger partial charge in [0, 0.05) is 12.1 Å². The summed E-state index contributed by atoms with van der Waals surface area (Å²) in [6.45, 7) is 0.0819. The molecule has 32 heavy (non-hydrogen) atoms. The van der Waals surface area contributed by atoms with E-state index in [4.69, 9.17) is 9.15 Å². The zero-order valence-corrected chi connectivity index (χ0v) is 17.2. The summed E-state index contributed by atoms with van der Waals surface area (Å²) in [6, 6.07) is 14.7. The fraction of sp³-hybridized carbons (Fsp3) is 0.0909. The fourth-order valence-corrected chi connectivity index (χ4v) is 3.87. The molecule has 8 nitrogen and oxygen atoms in total. The molecule has 1 aliphatic rings. The molecule has 2 amide bonds. The fourth-order valence-electron chi connectivity index (χ4n) is 3.02. The number of amides is 2. The lowest BCUT2D eigenvalue weighted by Gasteiger charge is -2.13. The Morgan fingerprint density at radius 2 is 1.84 bits per heavy atom. The predicted octanol–water partition coefficient (Wildman–Crippen LogP) is 5.11. The Morgan fingerprint density at radius 3 is 2.59 bits per heavy atom. The number of carbonyl (C=O) groups excluding carboxylic acids is 2. The van der Waals surface area contributed by atoms with E-state index in [1.54, 1.807) is 30.3 Å². The van der Waals surface area contributed by atoms with Crippen molar-refractivity contribution in [3.05, 3.63) is 87.3 Å². The highest BCUT2D eigenvalue weighted by atomic mass is 32.2. The van der Waals surface area contributed by atoms with Gasteiger partial charge in [0.25, 0.3) is 16.8 Å². The highest BCUT2D eigenvalue weighted by Gasteiger charge is 2.35. The van der Waals surface area contributed by atoms with Crippen LogP contribution in [0.3, 0.4) is 0 Å². The molecule has 4 rings (SSSR count). The Balaban J connectivity index is 1.44. The molecule has 3 aromatic rings. The van der Waals surface area contributed by atoms with E-state index >= 15 is 0 Å². The van der Waals surface area contributed by atoms with Crippen LogP contribution >= 0.6 is 11.8 Å². The van der Waals surface area contributed by atoms with Gasteiger partial charge in [-0.15, -0.1) is 0 Å². The van der Waals surface area contributed by atoms with E-state index in [2.05, 4.69) is 0 Å². The maximum absolute atomic E-state index is 12.9. The summed E-state index contributed by atoms with van der Waals surface area (Å²) in [5, 5.41) is 10.8. The van der Waals surface area contributed by atoms with Crippen LogP contribution in [-0.4, -0.2) is 34.1 Å². The van der Waals surface area contributed by atoms with Gasteiger partial charge in [-0.05, 0) is 54.2 Å². The van der Waals surface area contributed by atoms with E-state index in [0.717, 1.165) is 16.7 Å². The number of nitrogens with zero attached hydrogens (tertiary/aromatic N) is 2. The minimum atomic E-state index is -0.503. The summed E-state index contributed by atoms with van der Waals surface area (Å²) in [5.41, 5.74) is 0.207. The molecule has 0 spiro atoms. The van der Waals surface area contributed by atoms with E-state index in [0.29, 0.717) is 11.3 Å². The van der Waals surface area contributed by atoms with E-state index in [-0.39, 0.29) is 35.3 Å². The van der Waals surface area contributed by atoms with Crippen LogP contribution in [0.5, 0.6) is 5.75 Å². The minimum absolute atomic E-state index is 0.0268. The van der Waals surface area contributed by atoms with E-state index < -0.39 is 21.9 Å². The molecule has 2 aromatic carbocycles. The standard InChI is InChI=1S/C22H15FN2O6S/c23-14-5-7-15(8-6-14)30-12-11-24-21(26)20(32-22(24)27)13-16-9-10-19(31-16)17-3-1-2-4-18(17)25(28)29/h1-10,13H,11-12H2/b20-13-. The molecule has 10 heteroatoms. The Labute approximate surface area is 185 Å². The van der Waals surface area contributed by atoms with Crippen LogP contribution in [-0.2, 0) is 4.79 Å². The molecule has 0 unspecified atom stereocenters. The number of nitro benzene ring substituents is 1. The molecule has 0 bridgehead atoms. The molecule has 0 aliphatic carbocycles. The topological polar surface area (TPSA) is 103 Å². The van der Waals surface area contributed by atoms with Crippen molar-refractivity contribution < 1.29 is 28.1 Å². The van der Waals surface area contributed by atoms with E-state index in [1.165, 1.54) is 36.4 Å². The molecule has 1 aromatic heterocycles. The largest absolute Gasteiger partial charge is 0.492 e. The average Bonchev–Trinajstić information content (AvgIpc) is 3.35. The van der Waals surface area contributed by atoms with Gasteiger partial charge in [0.05, 0.1) is 21.9 Å². The molecular weight excluding hydrogens is 439 g/mol. The van der Waals surface area contributed by atoms with Gasteiger partial charge < -0.3 is 9.15 Å². The maximum atomic E-state index is 12.9. The van der Waals surface area contributed by atoms with E-state index in [1.807, 2.05) is 0 Å². The molecule has 1 saturated heterocycles. The minimum Gasteiger partial charge on any atom is -0.492 e. The quantitative estimate of drug-likeness (QED) is 0.278. The first-order chi connectivity index (χ1) is 15.4.